The monoisotopic (exact) mass is 338 g/mol. The Hall–Kier alpha value is -3.28. The zero-order valence-electron chi connectivity index (χ0n) is 13.2. The average Bonchev–Trinajstić information content (AvgIpc) is 3.15. The molecule has 2 aromatic carbocycles. The SMILES string of the molecule is O=C(CCC(=O)c1ccc(F)cc1)Nc1ccc(-c2cnco2)cc1. The summed E-state index contributed by atoms with van der Waals surface area (Å²) in [5.74, 6) is -0.218. The smallest absolute Gasteiger partial charge is 0.224 e. The molecule has 0 saturated carbocycles. The summed E-state index contributed by atoms with van der Waals surface area (Å²) in [6, 6.07) is 12.4. The molecule has 126 valence electrons. The van der Waals surface area contributed by atoms with Gasteiger partial charge in [-0.15, -0.1) is 0 Å². The molecule has 3 aromatic rings. The number of benzene rings is 2. The third kappa shape index (κ3) is 4.38. The lowest BCUT2D eigenvalue weighted by molar-refractivity contribution is -0.116. The number of rotatable bonds is 6. The van der Waals surface area contributed by atoms with Gasteiger partial charge < -0.3 is 9.73 Å². The number of carbonyl (C=O) groups is 2. The Morgan fingerprint density at radius 1 is 1.00 bits per heavy atom. The Labute approximate surface area is 143 Å². The van der Waals surface area contributed by atoms with Crippen LogP contribution in [0.15, 0.2) is 65.5 Å². The Morgan fingerprint density at radius 2 is 1.72 bits per heavy atom. The number of aromatic nitrogens is 1. The van der Waals surface area contributed by atoms with Crippen molar-refractivity contribution in [2.45, 2.75) is 12.8 Å². The van der Waals surface area contributed by atoms with Gasteiger partial charge >= 0.3 is 0 Å². The lowest BCUT2D eigenvalue weighted by Gasteiger charge is -2.06. The first-order valence-electron chi connectivity index (χ1n) is 7.69. The fraction of sp³-hybridized carbons (Fsp3) is 0.105. The van der Waals surface area contributed by atoms with Crippen LogP contribution in [0.5, 0.6) is 0 Å². The van der Waals surface area contributed by atoms with E-state index >= 15 is 0 Å². The predicted molar refractivity (Wildman–Crippen MR) is 90.5 cm³/mol. The maximum atomic E-state index is 12.8. The van der Waals surface area contributed by atoms with Crippen molar-refractivity contribution < 1.29 is 18.4 Å². The van der Waals surface area contributed by atoms with E-state index in [1.54, 1.807) is 30.5 Å². The van der Waals surface area contributed by atoms with E-state index in [9.17, 15) is 14.0 Å². The maximum Gasteiger partial charge on any atom is 0.224 e. The Morgan fingerprint density at radius 3 is 2.36 bits per heavy atom. The highest BCUT2D eigenvalue weighted by Crippen LogP contribution is 2.20. The van der Waals surface area contributed by atoms with Crippen LogP contribution in [0.1, 0.15) is 23.2 Å². The number of nitrogens with one attached hydrogen (secondary N) is 1. The van der Waals surface area contributed by atoms with E-state index in [0.29, 0.717) is 17.0 Å². The number of oxazole rings is 1. The fourth-order valence-electron chi connectivity index (χ4n) is 2.31. The summed E-state index contributed by atoms with van der Waals surface area (Å²) >= 11 is 0. The first-order chi connectivity index (χ1) is 12.1. The lowest BCUT2D eigenvalue weighted by Crippen LogP contribution is -2.13. The quantitative estimate of drug-likeness (QED) is 0.687. The van der Waals surface area contributed by atoms with E-state index in [0.717, 1.165) is 5.56 Å². The van der Waals surface area contributed by atoms with Crippen molar-refractivity contribution >= 4 is 17.4 Å². The second kappa shape index (κ2) is 7.53. The van der Waals surface area contributed by atoms with Crippen LogP contribution in [-0.2, 0) is 4.79 Å². The molecule has 0 bridgehead atoms. The number of amides is 1. The number of halogens is 1. The first kappa shape index (κ1) is 16.6. The minimum atomic E-state index is -0.400. The summed E-state index contributed by atoms with van der Waals surface area (Å²) in [7, 11) is 0. The maximum absolute atomic E-state index is 12.8. The molecule has 0 atom stereocenters. The molecule has 0 aliphatic heterocycles. The van der Waals surface area contributed by atoms with E-state index < -0.39 is 5.82 Å². The lowest BCUT2D eigenvalue weighted by atomic mass is 10.1. The van der Waals surface area contributed by atoms with Gasteiger partial charge in [0.05, 0.1) is 6.20 Å². The molecule has 5 nitrogen and oxygen atoms in total. The standard InChI is InChI=1S/C19H15FN2O3/c20-15-5-1-13(2-6-15)17(23)9-10-19(24)22-16-7-3-14(4-8-16)18-11-21-12-25-18/h1-8,11-12H,9-10H2,(H,22,24). The van der Waals surface area contributed by atoms with Crippen LogP contribution in [0, 0.1) is 5.82 Å². The molecule has 1 amide bonds. The van der Waals surface area contributed by atoms with Gasteiger partial charge in [-0.05, 0) is 48.5 Å². The van der Waals surface area contributed by atoms with Crippen molar-refractivity contribution in [1.29, 1.82) is 0 Å². The molecular formula is C19H15FN2O3. The van der Waals surface area contributed by atoms with E-state index in [2.05, 4.69) is 10.3 Å². The number of nitrogens with zero attached hydrogens (tertiary/aromatic N) is 1. The summed E-state index contributed by atoms with van der Waals surface area (Å²) in [5.41, 5.74) is 1.87. The molecular weight excluding hydrogens is 323 g/mol. The Balaban J connectivity index is 1.52. The molecule has 3 rings (SSSR count). The number of ketones is 1. The molecule has 1 N–H and O–H groups in total. The number of hydrogen-bond donors (Lipinski definition) is 1. The van der Waals surface area contributed by atoms with Crippen LogP contribution in [0.25, 0.3) is 11.3 Å². The van der Waals surface area contributed by atoms with Crippen molar-refractivity contribution in [2.75, 3.05) is 5.32 Å². The predicted octanol–water partition coefficient (Wildman–Crippen LogP) is 4.08. The van der Waals surface area contributed by atoms with Gasteiger partial charge in [0.15, 0.2) is 17.9 Å². The summed E-state index contributed by atoms with van der Waals surface area (Å²) in [4.78, 5) is 27.8. The highest BCUT2D eigenvalue weighted by atomic mass is 19.1. The number of Topliss-reactive ketones (excluding diaryl/α,β-unsaturated/α-hetero) is 1. The van der Waals surface area contributed by atoms with Crippen molar-refractivity contribution in [3.63, 3.8) is 0 Å². The van der Waals surface area contributed by atoms with Gasteiger partial charge in [0.1, 0.15) is 5.82 Å². The first-order valence-corrected chi connectivity index (χ1v) is 7.69. The van der Waals surface area contributed by atoms with Gasteiger partial charge in [-0.2, -0.15) is 0 Å². The number of anilines is 1. The number of carbonyl (C=O) groups excluding carboxylic acids is 2. The Bertz CT molecular complexity index is 857. The van der Waals surface area contributed by atoms with Crippen LogP contribution in [0.4, 0.5) is 10.1 Å². The van der Waals surface area contributed by atoms with Gasteiger partial charge in [-0.25, -0.2) is 9.37 Å². The Kier molecular flexibility index (Phi) is 4.99. The summed E-state index contributed by atoms with van der Waals surface area (Å²) in [6.07, 6.45) is 3.07. The van der Waals surface area contributed by atoms with Crippen molar-refractivity contribution in [3.05, 3.63) is 72.5 Å². The average molecular weight is 338 g/mol. The van der Waals surface area contributed by atoms with Crippen LogP contribution < -0.4 is 5.32 Å². The normalized spacial score (nSPS) is 10.4. The molecule has 0 saturated heterocycles. The van der Waals surface area contributed by atoms with Crippen molar-refractivity contribution in [1.82, 2.24) is 4.98 Å². The highest BCUT2D eigenvalue weighted by Gasteiger charge is 2.10. The highest BCUT2D eigenvalue weighted by molar-refractivity contribution is 6.00. The number of hydrogen-bond acceptors (Lipinski definition) is 4. The molecule has 0 aliphatic carbocycles. The van der Waals surface area contributed by atoms with E-state index in [4.69, 9.17) is 4.42 Å². The van der Waals surface area contributed by atoms with Gasteiger partial charge in [0.25, 0.3) is 0 Å². The topological polar surface area (TPSA) is 72.2 Å². The second-order valence-corrected chi connectivity index (χ2v) is 5.42. The van der Waals surface area contributed by atoms with Crippen LogP contribution >= 0.6 is 0 Å². The van der Waals surface area contributed by atoms with Crippen molar-refractivity contribution in [3.8, 4) is 11.3 Å². The van der Waals surface area contributed by atoms with E-state index in [-0.39, 0.29) is 24.5 Å². The molecule has 6 heteroatoms. The summed E-state index contributed by atoms with van der Waals surface area (Å²) < 4.78 is 18.0. The zero-order chi connectivity index (χ0) is 17.6. The fourth-order valence-corrected chi connectivity index (χ4v) is 2.31. The molecule has 1 aromatic heterocycles. The minimum Gasteiger partial charge on any atom is -0.444 e. The van der Waals surface area contributed by atoms with Gasteiger partial charge in [0.2, 0.25) is 5.91 Å². The van der Waals surface area contributed by atoms with E-state index in [1.807, 2.05) is 0 Å². The molecule has 0 fully saturated rings. The molecule has 0 spiro atoms. The van der Waals surface area contributed by atoms with Gasteiger partial charge in [0, 0.05) is 29.7 Å². The van der Waals surface area contributed by atoms with Crippen LogP contribution in [0.2, 0.25) is 0 Å². The zero-order valence-corrected chi connectivity index (χ0v) is 13.2. The molecule has 1 heterocycles. The third-order valence-electron chi connectivity index (χ3n) is 3.63. The summed E-state index contributed by atoms with van der Waals surface area (Å²) in [5, 5.41) is 2.73. The summed E-state index contributed by atoms with van der Waals surface area (Å²) in [6.45, 7) is 0. The van der Waals surface area contributed by atoms with Crippen molar-refractivity contribution in [2.24, 2.45) is 0 Å². The molecule has 0 radical (unpaired) electrons. The molecule has 0 unspecified atom stereocenters. The second-order valence-electron chi connectivity index (χ2n) is 5.42. The van der Waals surface area contributed by atoms with Crippen LogP contribution in [0.3, 0.4) is 0 Å². The third-order valence-corrected chi connectivity index (χ3v) is 3.63. The molecule has 25 heavy (non-hydrogen) atoms. The minimum absolute atomic E-state index is 0.0556. The van der Waals surface area contributed by atoms with Gasteiger partial charge in [-0.1, -0.05) is 0 Å². The largest absolute Gasteiger partial charge is 0.444 e. The van der Waals surface area contributed by atoms with E-state index in [1.165, 1.54) is 30.7 Å². The van der Waals surface area contributed by atoms with Crippen LogP contribution in [-0.4, -0.2) is 16.7 Å². The molecule has 0 aliphatic rings. The van der Waals surface area contributed by atoms with Gasteiger partial charge in [-0.3, -0.25) is 9.59 Å².